The van der Waals surface area contributed by atoms with Gasteiger partial charge in [0.15, 0.2) is 0 Å². The molecule has 0 spiro atoms. The van der Waals surface area contributed by atoms with Gasteiger partial charge >= 0.3 is 0 Å². The van der Waals surface area contributed by atoms with E-state index in [9.17, 15) is 0 Å². The van der Waals surface area contributed by atoms with E-state index in [0.29, 0.717) is 0 Å². The number of rotatable bonds is 1. The second-order valence-corrected chi connectivity index (χ2v) is 1.40. The van der Waals surface area contributed by atoms with Gasteiger partial charge in [-0.1, -0.05) is 36.6 Å². The normalized spacial score (nSPS) is 5.33. The second-order valence-electron chi connectivity index (χ2n) is 1.40. The van der Waals surface area contributed by atoms with Crippen LogP contribution in [0, 0.1) is 0 Å². The van der Waals surface area contributed by atoms with Crippen LogP contribution in [-0.4, -0.2) is 25.5 Å². The Bertz CT molecular complexity index is 18.5. The van der Waals surface area contributed by atoms with Gasteiger partial charge < -0.3 is 4.90 Å². The zero-order chi connectivity index (χ0) is 4.28. The summed E-state index contributed by atoms with van der Waals surface area (Å²) >= 11 is 0. The van der Waals surface area contributed by atoms with Gasteiger partial charge in [0.1, 0.15) is 0 Å². The minimum atomic E-state index is 0. The topological polar surface area (TPSA) is 3.24 Å². The third kappa shape index (κ3) is 73.6. The summed E-state index contributed by atoms with van der Waals surface area (Å²) in [5, 5.41) is 0. The first-order valence-electron chi connectivity index (χ1n) is 1.92. The smallest absolute Gasteiger partial charge is 0.00533 e. The molecule has 0 fully saturated rings. The predicted octanol–water partition coefficient (Wildman–Crippen LogP) is 3.11. The molecule has 0 rings (SSSR count). The Morgan fingerprint density at radius 3 is 1.00 bits per heavy atom. The Morgan fingerprint density at radius 1 is 0.889 bits per heavy atom. The highest BCUT2D eigenvalue weighted by Gasteiger charge is 1.72. The first-order chi connectivity index (χ1) is 2.27. The van der Waals surface area contributed by atoms with E-state index < -0.39 is 0 Å². The van der Waals surface area contributed by atoms with Crippen molar-refractivity contribution in [2.24, 2.45) is 0 Å². The van der Waals surface area contributed by atoms with Gasteiger partial charge in [0.05, 0.1) is 0 Å². The maximum absolute atomic E-state index is 2.12. The van der Waals surface area contributed by atoms with Crippen molar-refractivity contribution in [3.63, 3.8) is 0 Å². The zero-order valence-electron chi connectivity index (χ0n) is 4.15. The van der Waals surface area contributed by atoms with Gasteiger partial charge in [-0.2, -0.15) is 0 Å². The summed E-state index contributed by atoms with van der Waals surface area (Å²) in [7, 11) is 4.11. The predicted molar refractivity (Wildman–Crippen MR) is 51.2 cm³/mol. The van der Waals surface area contributed by atoms with Crippen molar-refractivity contribution in [3.05, 3.63) is 0 Å². The molecule has 1 nitrogen and oxygen atoms in total. The van der Waals surface area contributed by atoms with Crippen molar-refractivity contribution >= 4 is 0 Å². The number of hydrogen-bond donors (Lipinski definition) is 0. The summed E-state index contributed by atoms with van der Waals surface area (Å²) in [5.74, 6) is 0. The molecule has 0 N–H and O–H groups in total. The van der Waals surface area contributed by atoms with Crippen LogP contribution < -0.4 is 0 Å². The van der Waals surface area contributed by atoms with Crippen LogP contribution in [0.15, 0.2) is 0 Å². The van der Waals surface area contributed by atoms with E-state index in [2.05, 4.69) is 25.9 Å². The summed E-state index contributed by atoms with van der Waals surface area (Å²) in [6.45, 7) is 3.26. The van der Waals surface area contributed by atoms with Crippen molar-refractivity contribution in [2.75, 3.05) is 20.6 Å². The molecule has 64 valence electrons. The molecule has 1 heteroatoms. The molecular formula is C8H27N. The molecule has 0 aliphatic carbocycles. The fraction of sp³-hybridized carbons (Fsp3) is 1.00. The lowest BCUT2D eigenvalue weighted by molar-refractivity contribution is 0.434. The first-order valence-corrected chi connectivity index (χ1v) is 1.92. The van der Waals surface area contributed by atoms with E-state index in [1.54, 1.807) is 0 Å². The van der Waals surface area contributed by atoms with E-state index in [1.807, 2.05) is 0 Å². The summed E-state index contributed by atoms with van der Waals surface area (Å²) in [4.78, 5) is 2.12. The SMILES string of the molecule is C.C.C.C.CCN(C)C. The third-order valence-corrected chi connectivity index (χ3v) is 0.632. The van der Waals surface area contributed by atoms with Crippen LogP contribution in [0.1, 0.15) is 36.6 Å². The summed E-state index contributed by atoms with van der Waals surface area (Å²) in [5.41, 5.74) is 0. The molecule has 0 atom stereocenters. The Balaban J connectivity index is -0.0000000133. The average Bonchev–Trinajstić information content (AvgIpc) is 1.38. The third-order valence-electron chi connectivity index (χ3n) is 0.632. The highest BCUT2D eigenvalue weighted by Crippen LogP contribution is 1.63. The van der Waals surface area contributed by atoms with Gasteiger partial charge in [0, 0.05) is 0 Å². The van der Waals surface area contributed by atoms with E-state index in [0.717, 1.165) is 6.54 Å². The van der Waals surface area contributed by atoms with Crippen LogP contribution in [0.5, 0.6) is 0 Å². The van der Waals surface area contributed by atoms with Gasteiger partial charge in [-0.3, -0.25) is 0 Å². The van der Waals surface area contributed by atoms with E-state index in [4.69, 9.17) is 0 Å². The van der Waals surface area contributed by atoms with Crippen molar-refractivity contribution in [1.29, 1.82) is 0 Å². The molecule has 0 amide bonds. The Morgan fingerprint density at radius 2 is 1.00 bits per heavy atom. The monoisotopic (exact) mass is 137 g/mol. The van der Waals surface area contributed by atoms with Crippen LogP contribution in [0.2, 0.25) is 0 Å². The van der Waals surface area contributed by atoms with Gasteiger partial charge in [-0.25, -0.2) is 0 Å². The van der Waals surface area contributed by atoms with Crippen LogP contribution >= 0.6 is 0 Å². The fourth-order valence-corrected chi connectivity index (χ4v) is 0. The van der Waals surface area contributed by atoms with Gasteiger partial charge in [0.25, 0.3) is 0 Å². The number of nitrogens with zero attached hydrogens (tertiary/aromatic N) is 1. The molecule has 0 aromatic rings. The molecule has 0 unspecified atom stereocenters. The molecule has 0 saturated heterocycles. The van der Waals surface area contributed by atoms with Crippen LogP contribution in [-0.2, 0) is 0 Å². The zero-order valence-corrected chi connectivity index (χ0v) is 4.15. The standard InChI is InChI=1S/C4H11N.4CH4/c1-4-5(2)3;;;;/h4H2,1-3H3;4*1H4. The molecule has 0 saturated carbocycles. The van der Waals surface area contributed by atoms with E-state index in [-0.39, 0.29) is 29.7 Å². The van der Waals surface area contributed by atoms with Crippen LogP contribution in [0.3, 0.4) is 0 Å². The van der Waals surface area contributed by atoms with E-state index >= 15 is 0 Å². The van der Waals surface area contributed by atoms with Gasteiger partial charge in [0.2, 0.25) is 0 Å². The fourth-order valence-electron chi connectivity index (χ4n) is 0. The lowest BCUT2D eigenvalue weighted by Crippen LogP contribution is -2.08. The van der Waals surface area contributed by atoms with E-state index in [1.165, 1.54) is 0 Å². The molecule has 0 radical (unpaired) electrons. The van der Waals surface area contributed by atoms with Gasteiger partial charge in [-0.05, 0) is 20.6 Å². The Labute approximate surface area is 63.1 Å². The highest BCUT2D eigenvalue weighted by molar-refractivity contribution is 4.25. The Hall–Kier alpha value is -0.0400. The van der Waals surface area contributed by atoms with Crippen LogP contribution in [0.25, 0.3) is 0 Å². The first kappa shape index (κ1) is 36.2. The summed E-state index contributed by atoms with van der Waals surface area (Å²) < 4.78 is 0. The minimum Gasteiger partial charge on any atom is -0.310 e. The summed E-state index contributed by atoms with van der Waals surface area (Å²) in [6.07, 6.45) is 0. The lowest BCUT2D eigenvalue weighted by atomic mass is 10.7. The molecule has 0 aliphatic heterocycles. The largest absolute Gasteiger partial charge is 0.310 e. The summed E-state index contributed by atoms with van der Waals surface area (Å²) in [6, 6.07) is 0. The van der Waals surface area contributed by atoms with Crippen molar-refractivity contribution in [1.82, 2.24) is 4.90 Å². The molecule has 0 aliphatic rings. The van der Waals surface area contributed by atoms with Crippen molar-refractivity contribution in [2.45, 2.75) is 36.6 Å². The number of hydrogen-bond acceptors (Lipinski definition) is 1. The average molecular weight is 137 g/mol. The van der Waals surface area contributed by atoms with Crippen molar-refractivity contribution in [3.8, 4) is 0 Å². The van der Waals surface area contributed by atoms with Crippen molar-refractivity contribution < 1.29 is 0 Å². The molecule has 9 heavy (non-hydrogen) atoms. The molecule has 0 aromatic heterocycles. The second kappa shape index (κ2) is 24.6. The minimum absolute atomic E-state index is 0. The molecule has 0 aromatic carbocycles. The molecule has 0 bridgehead atoms. The maximum Gasteiger partial charge on any atom is -0.00533 e. The highest BCUT2D eigenvalue weighted by atomic mass is 15.0. The molecule has 0 heterocycles. The quantitative estimate of drug-likeness (QED) is 0.537. The van der Waals surface area contributed by atoms with Crippen LogP contribution in [0.4, 0.5) is 0 Å². The molecular weight excluding hydrogens is 110 g/mol. The maximum atomic E-state index is 2.12. The Kier molecular flexibility index (Phi) is 98.9. The van der Waals surface area contributed by atoms with Gasteiger partial charge in [-0.15, -0.1) is 0 Å². The lowest BCUT2D eigenvalue weighted by Gasteiger charge is -2.00.